The van der Waals surface area contributed by atoms with E-state index in [0.29, 0.717) is 19.4 Å². The molecule has 9 heteroatoms. The van der Waals surface area contributed by atoms with E-state index in [0.717, 1.165) is 41.6 Å². The van der Waals surface area contributed by atoms with Gasteiger partial charge >= 0.3 is 5.97 Å². The second-order valence-corrected chi connectivity index (χ2v) is 11.4. The van der Waals surface area contributed by atoms with Gasteiger partial charge in [0.1, 0.15) is 12.1 Å². The number of carbonyl (C=O) groups excluding carboxylic acids is 3. The minimum absolute atomic E-state index is 0.0882. The van der Waals surface area contributed by atoms with Crippen LogP contribution < -0.4 is 16.0 Å². The monoisotopic (exact) mass is 582 g/mol. The zero-order valence-corrected chi connectivity index (χ0v) is 24.1. The highest BCUT2D eigenvalue weighted by atomic mass is 16.4. The minimum atomic E-state index is -1.13. The van der Waals surface area contributed by atoms with Crippen molar-refractivity contribution in [2.45, 2.75) is 69.2 Å². The van der Waals surface area contributed by atoms with Crippen LogP contribution in [0.2, 0.25) is 0 Å². The average Bonchev–Trinajstić information content (AvgIpc) is 3.56. The molecule has 0 aliphatic carbocycles. The third-order valence-corrected chi connectivity index (χ3v) is 8.21. The summed E-state index contributed by atoms with van der Waals surface area (Å²) in [7, 11) is 0. The number of hydrogen-bond acceptors (Lipinski definition) is 5. The number of benzene rings is 3. The van der Waals surface area contributed by atoms with Gasteiger partial charge < -0.3 is 26.0 Å². The van der Waals surface area contributed by atoms with Crippen molar-refractivity contribution in [1.82, 2.24) is 20.9 Å². The van der Waals surface area contributed by atoms with E-state index >= 15 is 0 Å². The molecule has 2 aliphatic rings. The Morgan fingerprint density at radius 3 is 2.09 bits per heavy atom. The molecule has 3 amide bonds. The molecule has 4 unspecified atom stereocenters. The van der Waals surface area contributed by atoms with Gasteiger partial charge in [0.05, 0.1) is 6.04 Å². The number of aliphatic carboxylic acids is 1. The Balaban J connectivity index is 1.33. The summed E-state index contributed by atoms with van der Waals surface area (Å²) in [5, 5.41) is 18.8. The van der Waals surface area contributed by atoms with Crippen LogP contribution >= 0.6 is 0 Å². The van der Waals surface area contributed by atoms with Crippen LogP contribution in [-0.4, -0.2) is 64.4 Å². The maximum absolute atomic E-state index is 13.9. The number of carbonyl (C=O) groups is 4. The molecule has 0 aromatic heterocycles. The van der Waals surface area contributed by atoms with E-state index in [9.17, 15) is 24.3 Å². The zero-order chi connectivity index (χ0) is 30.2. The van der Waals surface area contributed by atoms with Gasteiger partial charge in [-0.2, -0.15) is 0 Å². The van der Waals surface area contributed by atoms with Crippen LogP contribution in [-0.2, 0) is 45.0 Å². The van der Waals surface area contributed by atoms with E-state index in [2.05, 4.69) is 16.0 Å². The van der Waals surface area contributed by atoms with Crippen molar-refractivity contribution in [3.05, 3.63) is 107 Å². The molecule has 43 heavy (non-hydrogen) atoms. The quantitative estimate of drug-likeness (QED) is 0.275. The van der Waals surface area contributed by atoms with Crippen molar-refractivity contribution in [1.29, 1.82) is 0 Å². The Kier molecular flexibility index (Phi) is 9.84. The van der Waals surface area contributed by atoms with E-state index in [1.807, 2.05) is 84.9 Å². The number of amides is 3. The lowest BCUT2D eigenvalue weighted by Crippen LogP contribution is -2.58. The number of carboxylic acids is 1. The summed E-state index contributed by atoms with van der Waals surface area (Å²) in [5.41, 5.74) is 3.77. The molecule has 224 valence electrons. The molecule has 1 fully saturated rings. The molecular formula is C34H38N4O5. The number of fused-ring (bicyclic) bond motifs is 1. The molecule has 1 saturated heterocycles. The zero-order valence-electron chi connectivity index (χ0n) is 24.1. The molecule has 2 aliphatic heterocycles. The predicted octanol–water partition coefficient (Wildman–Crippen LogP) is 2.62. The Labute approximate surface area is 251 Å². The van der Waals surface area contributed by atoms with Crippen molar-refractivity contribution < 1.29 is 24.3 Å². The van der Waals surface area contributed by atoms with Gasteiger partial charge in [0, 0.05) is 31.8 Å². The molecule has 0 radical (unpaired) electrons. The Hall–Kier alpha value is -4.50. The summed E-state index contributed by atoms with van der Waals surface area (Å²) in [6.07, 6.45) is 2.43. The van der Waals surface area contributed by atoms with Gasteiger partial charge in [-0.25, -0.2) is 4.79 Å². The van der Waals surface area contributed by atoms with Gasteiger partial charge in [-0.1, -0.05) is 84.9 Å². The molecule has 0 spiro atoms. The maximum Gasteiger partial charge on any atom is 0.326 e. The summed E-state index contributed by atoms with van der Waals surface area (Å²) >= 11 is 0. The Bertz CT molecular complexity index is 1420. The van der Waals surface area contributed by atoms with E-state index in [-0.39, 0.29) is 30.7 Å². The number of rotatable bonds is 11. The first-order chi connectivity index (χ1) is 20.9. The van der Waals surface area contributed by atoms with Gasteiger partial charge in [0.2, 0.25) is 17.7 Å². The molecule has 2 heterocycles. The number of nitrogens with zero attached hydrogens (tertiary/aromatic N) is 1. The first kappa shape index (κ1) is 30.0. The summed E-state index contributed by atoms with van der Waals surface area (Å²) in [5.74, 6) is -2.01. The number of hydrogen-bond donors (Lipinski definition) is 4. The Morgan fingerprint density at radius 1 is 0.837 bits per heavy atom. The summed E-state index contributed by atoms with van der Waals surface area (Å²) in [4.78, 5) is 54.4. The molecule has 9 nitrogen and oxygen atoms in total. The summed E-state index contributed by atoms with van der Waals surface area (Å²) in [6.45, 7) is 1.11. The average molecular weight is 583 g/mol. The molecule has 4 N–H and O–H groups in total. The third kappa shape index (κ3) is 7.87. The SMILES string of the molecule is O=C(CC(Cc1ccccc1)NC(=O)C1Cc2ccccc2CN1C(=O)C1CCCN1)NC(Cc1ccccc1)C(=O)O. The van der Waals surface area contributed by atoms with Crippen LogP contribution in [0, 0.1) is 0 Å². The minimum Gasteiger partial charge on any atom is -0.480 e. The smallest absolute Gasteiger partial charge is 0.326 e. The molecule has 0 bridgehead atoms. The lowest BCUT2D eigenvalue weighted by molar-refractivity contribution is -0.143. The number of nitrogens with one attached hydrogen (secondary N) is 3. The molecule has 5 rings (SSSR count). The lowest BCUT2D eigenvalue weighted by atomic mass is 9.92. The van der Waals surface area contributed by atoms with Crippen LogP contribution in [0.5, 0.6) is 0 Å². The largest absolute Gasteiger partial charge is 0.480 e. The molecule has 3 aromatic rings. The molecule has 0 saturated carbocycles. The molecule has 4 atom stereocenters. The second-order valence-electron chi connectivity index (χ2n) is 11.4. The summed E-state index contributed by atoms with van der Waals surface area (Å²) in [6, 6.07) is 23.7. The van der Waals surface area contributed by atoms with Gasteiger partial charge in [0.15, 0.2) is 0 Å². The normalized spacial score (nSPS) is 19.1. The van der Waals surface area contributed by atoms with Crippen molar-refractivity contribution >= 4 is 23.7 Å². The number of carboxylic acid groups (broad SMARTS) is 1. The standard InChI is InChI=1S/C34H38N4O5/c39-31(37-29(34(42)43)19-24-12-5-2-6-13-24)21-27(18-23-10-3-1-4-11-23)36-32(40)30-20-25-14-7-8-15-26(25)22-38(30)33(41)28-16-9-17-35-28/h1-8,10-15,27-30,35H,9,16-22H2,(H,36,40)(H,37,39)(H,42,43). The summed E-state index contributed by atoms with van der Waals surface area (Å²) < 4.78 is 0. The van der Waals surface area contributed by atoms with E-state index < -0.39 is 30.0 Å². The van der Waals surface area contributed by atoms with Crippen LogP contribution in [0.25, 0.3) is 0 Å². The predicted molar refractivity (Wildman–Crippen MR) is 162 cm³/mol. The van der Waals surface area contributed by atoms with E-state index in [4.69, 9.17) is 0 Å². The highest BCUT2D eigenvalue weighted by molar-refractivity contribution is 5.91. The van der Waals surface area contributed by atoms with Crippen LogP contribution in [0.4, 0.5) is 0 Å². The van der Waals surface area contributed by atoms with Crippen molar-refractivity contribution in [2.24, 2.45) is 0 Å². The van der Waals surface area contributed by atoms with Gasteiger partial charge in [-0.05, 0) is 48.1 Å². The third-order valence-electron chi connectivity index (χ3n) is 8.21. The molecule has 3 aromatic carbocycles. The highest BCUT2D eigenvalue weighted by Crippen LogP contribution is 2.26. The van der Waals surface area contributed by atoms with Crippen molar-refractivity contribution in [3.63, 3.8) is 0 Å². The van der Waals surface area contributed by atoms with Crippen molar-refractivity contribution in [3.8, 4) is 0 Å². The van der Waals surface area contributed by atoms with Gasteiger partial charge in [-0.15, -0.1) is 0 Å². The topological polar surface area (TPSA) is 128 Å². The fourth-order valence-corrected chi connectivity index (χ4v) is 5.98. The lowest BCUT2D eigenvalue weighted by Gasteiger charge is -2.38. The van der Waals surface area contributed by atoms with Crippen LogP contribution in [0.1, 0.15) is 41.5 Å². The second kappa shape index (κ2) is 14.1. The van der Waals surface area contributed by atoms with Crippen LogP contribution in [0.3, 0.4) is 0 Å². The first-order valence-electron chi connectivity index (χ1n) is 14.9. The highest BCUT2D eigenvalue weighted by Gasteiger charge is 2.39. The van der Waals surface area contributed by atoms with E-state index in [1.165, 1.54) is 0 Å². The van der Waals surface area contributed by atoms with Crippen molar-refractivity contribution in [2.75, 3.05) is 6.54 Å². The maximum atomic E-state index is 13.9. The fraction of sp³-hybridized carbons (Fsp3) is 0.353. The van der Waals surface area contributed by atoms with Gasteiger partial charge in [-0.3, -0.25) is 14.4 Å². The first-order valence-corrected chi connectivity index (χ1v) is 14.9. The fourth-order valence-electron chi connectivity index (χ4n) is 5.98. The van der Waals surface area contributed by atoms with E-state index in [1.54, 1.807) is 4.90 Å². The Morgan fingerprint density at radius 2 is 1.47 bits per heavy atom. The van der Waals surface area contributed by atoms with Gasteiger partial charge in [0.25, 0.3) is 0 Å². The molecular weight excluding hydrogens is 544 g/mol. The van der Waals surface area contributed by atoms with Crippen LogP contribution in [0.15, 0.2) is 84.9 Å².